The van der Waals surface area contributed by atoms with Crippen molar-refractivity contribution < 1.29 is 9.53 Å². The number of benzene rings is 1. The van der Waals surface area contributed by atoms with Crippen LogP contribution >= 0.6 is 0 Å². The highest BCUT2D eigenvalue weighted by Crippen LogP contribution is 2.27. The average molecular weight is 381 g/mol. The van der Waals surface area contributed by atoms with Crippen molar-refractivity contribution in [3.05, 3.63) is 53.5 Å². The largest absolute Gasteiger partial charge is 0.494 e. The molecular weight excluding hydrogens is 354 g/mol. The van der Waals surface area contributed by atoms with Crippen molar-refractivity contribution in [2.45, 2.75) is 33.4 Å². The summed E-state index contributed by atoms with van der Waals surface area (Å²) in [5, 5.41) is 8.41. The molecule has 1 N–H and O–H groups in total. The van der Waals surface area contributed by atoms with Crippen LogP contribution in [0.5, 0.6) is 5.75 Å². The van der Waals surface area contributed by atoms with Gasteiger partial charge in [0.25, 0.3) is 0 Å². The molecule has 0 saturated heterocycles. The minimum absolute atomic E-state index is 0.0961. The number of hydrogen-bond donors (Lipinski definition) is 1. The van der Waals surface area contributed by atoms with Crippen molar-refractivity contribution in [1.82, 2.24) is 25.0 Å². The molecule has 0 fully saturated rings. The second-order valence-corrected chi connectivity index (χ2v) is 6.92. The zero-order valence-corrected chi connectivity index (χ0v) is 16.9. The number of methoxy groups -OCH3 is 1. The zero-order valence-electron chi connectivity index (χ0n) is 16.9. The summed E-state index contributed by atoms with van der Waals surface area (Å²) in [6.45, 7) is 5.92. The van der Waals surface area contributed by atoms with Gasteiger partial charge in [-0.1, -0.05) is 12.1 Å². The van der Waals surface area contributed by atoms with E-state index in [9.17, 15) is 4.79 Å². The van der Waals surface area contributed by atoms with Gasteiger partial charge in [0.2, 0.25) is 0 Å². The second kappa shape index (κ2) is 8.73. The molecule has 3 rings (SSSR count). The molecule has 0 atom stereocenters. The number of carbonyl (C=O) groups is 1. The van der Waals surface area contributed by atoms with Gasteiger partial charge < -0.3 is 15.0 Å². The van der Waals surface area contributed by atoms with Gasteiger partial charge in [-0.25, -0.2) is 4.79 Å². The molecule has 7 heteroatoms. The number of hydrogen-bond acceptors (Lipinski definition) is 4. The van der Waals surface area contributed by atoms with Crippen molar-refractivity contribution in [1.29, 1.82) is 0 Å². The van der Waals surface area contributed by atoms with E-state index in [2.05, 4.69) is 21.5 Å². The van der Waals surface area contributed by atoms with E-state index in [1.165, 1.54) is 0 Å². The summed E-state index contributed by atoms with van der Waals surface area (Å²) in [4.78, 5) is 18.5. The Morgan fingerprint density at radius 2 is 2.11 bits per heavy atom. The molecule has 0 saturated carbocycles. The lowest BCUT2D eigenvalue weighted by Crippen LogP contribution is -2.37. The Balaban J connectivity index is 1.56. The van der Waals surface area contributed by atoms with Gasteiger partial charge in [-0.3, -0.25) is 9.67 Å². The third-order valence-electron chi connectivity index (χ3n) is 4.72. The SMILES string of the molecule is COc1ccc(CN(C)C(=O)NCCCn2nc(C)cc2C)c2cccnc12. The van der Waals surface area contributed by atoms with Crippen molar-refractivity contribution in [3.8, 4) is 5.75 Å². The summed E-state index contributed by atoms with van der Waals surface area (Å²) < 4.78 is 7.36. The quantitative estimate of drug-likeness (QED) is 0.638. The molecule has 0 bridgehead atoms. The van der Waals surface area contributed by atoms with Gasteiger partial charge in [-0.2, -0.15) is 5.10 Å². The lowest BCUT2D eigenvalue weighted by Gasteiger charge is -2.19. The highest BCUT2D eigenvalue weighted by molar-refractivity contribution is 5.87. The highest BCUT2D eigenvalue weighted by Gasteiger charge is 2.13. The number of amides is 2. The summed E-state index contributed by atoms with van der Waals surface area (Å²) in [6, 6.07) is 9.73. The molecular formula is C21H27N5O2. The number of ether oxygens (including phenoxy) is 1. The minimum Gasteiger partial charge on any atom is -0.494 e. The Kier molecular flexibility index (Phi) is 6.13. The fourth-order valence-electron chi connectivity index (χ4n) is 3.30. The fraction of sp³-hybridized carbons (Fsp3) is 0.381. The molecule has 2 aromatic heterocycles. The van der Waals surface area contributed by atoms with Crippen LogP contribution in [0.2, 0.25) is 0 Å². The number of pyridine rings is 1. The number of urea groups is 1. The topological polar surface area (TPSA) is 72.3 Å². The number of aromatic nitrogens is 3. The van der Waals surface area contributed by atoms with Crippen LogP contribution in [0.15, 0.2) is 36.5 Å². The summed E-state index contributed by atoms with van der Waals surface area (Å²) >= 11 is 0. The van der Waals surface area contributed by atoms with Crippen LogP contribution in [-0.4, -0.2) is 46.4 Å². The van der Waals surface area contributed by atoms with Crippen molar-refractivity contribution in [3.63, 3.8) is 0 Å². The summed E-state index contributed by atoms with van der Waals surface area (Å²) in [5.41, 5.74) is 3.99. The summed E-state index contributed by atoms with van der Waals surface area (Å²) in [7, 11) is 3.43. The van der Waals surface area contributed by atoms with Gasteiger partial charge in [0.05, 0.1) is 12.8 Å². The Morgan fingerprint density at radius 3 is 2.82 bits per heavy atom. The second-order valence-electron chi connectivity index (χ2n) is 6.92. The molecule has 0 aliphatic carbocycles. The van der Waals surface area contributed by atoms with Gasteiger partial charge >= 0.3 is 6.03 Å². The molecule has 0 aliphatic rings. The minimum atomic E-state index is -0.0961. The molecule has 0 unspecified atom stereocenters. The summed E-state index contributed by atoms with van der Waals surface area (Å²) in [5.74, 6) is 0.732. The summed E-state index contributed by atoms with van der Waals surface area (Å²) in [6.07, 6.45) is 2.57. The lowest BCUT2D eigenvalue weighted by molar-refractivity contribution is 0.206. The van der Waals surface area contributed by atoms with Crippen LogP contribution in [0.4, 0.5) is 4.79 Å². The van der Waals surface area contributed by atoms with E-state index in [1.807, 2.05) is 42.8 Å². The van der Waals surface area contributed by atoms with E-state index in [4.69, 9.17) is 4.74 Å². The fourth-order valence-corrected chi connectivity index (χ4v) is 3.30. The van der Waals surface area contributed by atoms with Gasteiger partial charge in [-0.05, 0) is 44.0 Å². The van der Waals surface area contributed by atoms with Gasteiger partial charge in [0.15, 0.2) is 0 Å². The van der Waals surface area contributed by atoms with E-state index >= 15 is 0 Å². The molecule has 0 aliphatic heterocycles. The maximum absolute atomic E-state index is 12.4. The average Bonchev–Trinajstić information content (AvgIpc) is 3.02. The first kappa shape index (κ1) is 19.7. The monoisotopic (exact) mass is 381 g/mol. The van der Waals surface area contributed by atoms with Crippen LogP contribution < -0.4 is 10.1 Å². The maximum atomic E-state index is 12.4. The van der Waals surface area contributed by atoms with Crippen molar-refractivity contribution >= 4 is 16.9 Å². The Hall–Kier alpha value is -3.09. The number of rotatable bonds is 7. The van der Waals surface area contributed by atoms with E-state index in [0.29, 0.717) is 13.1 Å². The number of nitrogens with one attached hydrogen (secondary N) is 1. The smallest absolute Gasteiger partial charge is 0.317 e. The molecule has 0 radical (unpaired) electrons. The first-order chi connectivity index (χ1) is 13.5. The Morgan fingerprint density at radius 1 is 1.29 bits per heavy atom. The first-order valence-corrected chi connectivity index (χ1v) is 9.40. The molecule has 0 spiro atoms. The third-order valence-corrected chi connectivity index (χ3v) is 4.72. The van der Waals surface area contributed by atoms with E-state index in [1.54, 1.807) is 25.3 Å². The highest BCUT2D eigenvalue weighted by atomic mass is 16.5. The maximum Gasteiger partial charge on any atom is 0.317 e. The number of aryl methyl sites for hydroxylation is 3. The van der Waals surface area contributed by atoms with Gasteiger partial charge in [0, 0.05) is 44.0 Å². The first-order valence-electron chi connectivity index (χ1n) is 9.40. The molecule has 148 valence electrons. The number of carbonyl (C=O) groups excluding carboxylic acids is 1. The van der Waals surface area contributed by atoms with Crippen LogP contribution in [-0.2, 0) is 13.1 Å². The van der Waals surface area contributed by atoms with E-state index in [-0.39, 0.29) is 6.03 Å². The molecule has 3 aromatic rings. The predicted octanol–water partition coefficient (Wildman–Crippen LogP) is 3.29. The zero-order chi connectivity index (χ0) is 20.1. The Bertz CT molecular complexity index is 967. The molecule has 28 heavy (non-hydrogen) atoms. The van der Waals surface area contributed by atoms with Crippen molar-refractivity contribution in [2.75, 3.05) is 20.7 Å². The molecule has 2 heterocycles. The molecule has 2 amide bonds. The molecule has 1 aromatic carbocycles. The predicted molar refractivity (Wildman–Crippen MR) is 109 cm³/mol. The lowest BCUT2D eigenvalue weighted by atomic mass is 10.1. The van der Waals surface area contributed by atoms with Crippen LogP contribution in [0, 0.1) is 13.8 Å². The van der Waals surface area contributed by atoms with Crippen LogP contribution in [0.3, 0.4) is 0 Å². The Labute approximate surface area is 165 Å². The van der Waals surface area contributed by atoms with Gasteiger partial charge in [0.1, 0.15) is 11.3 Å². The van der Waals surface area contributed by atoms with Crippen LogP contribution in [0.1, 0.15) is 23.4 Å². The normalized spacial score (nSPS) is 10.9. The van der Waals surface area contributed by atoms with Gasteiger partial charge in [-0.15, -0.1) is 0 Å². The van der Waals surface area contributed by atoms with E-state index in [0.717, 1.165) is 46.6 Å². The number of nitrogens with zero attached hydrogens (tertiary/aromatic N) is 4. The molecule has 7 nitrogen and oxygen atoms in total. The third kappa shape index (κ3) is 4.42. The van der Waals surface area contributed by atoms with E-state index < -0.39 is 0 Å². The van der Waals surface area contributed by atoms with Crippen LogP contribution in [0.25, 0.3) is 10.9 Å². The number of fused-ring (bicyclic) bond motifs is 1. The van der Waals surface area contributed by atoms with Crippen molar-refractivity contribution in [2.24, 2.45) is 0 Å². The standard InChI is InChI=1S/C21H27N5O2/c1-15-13-16(2)26(24-15)12-6-11-23-21(27)25(3)14-17-8-9-19(28-4)20-18(17)7-5-10-22-20/h5,7-10,13H,6,11-12,14H2,1-4H3,(H,23,27).